The molecule has 6 heteroatoms. The van der Waals surface area contributed by atoms with Crippen LogP contribution in [-0.4, -0.2) is 34.1 Å². The van der Waals surface area contributed by atoms with Gasteiger partial charge in [-0.1, -0.05) is 18.5 Å². The van der Waals surface area contributed by atoms with E-state index in [1.807, 2.05) is 6.92 Å². The number of nitrogens with zero attached hydrogens (tertiary/aromatic N) is 2. The predicted octanol–water partition coefficient (Wildman–Crippen LogP) is 0.848. The van der Waals surface area contributed by atoms with Crippen LogP contribution in [0.25, 0.3) is 0 Å². The number of aromatic amines is 1. The van der Waals surface area contributed by atoms with Gasteiger partial charge in [-0.2, -0.15) is 0 Å². The molecule has 100 valence electrons. The second-order valence-corrected chi connectivity index (χ2v) is 4.96. The molecule has 0 spiro atoms. The minimum absolute atomic E-state index is 0.171. The summed E-state index contributed by atoms with van der Waals surface area (Å²) in [5.74, 6) is 0. The second-order valence-electron chi connectivity index (χ2n) is 4.58. The van der Waals surface area contributed by atoms with Crippen molar-refractivity contribution in [3.8, 4) is 0 Å². The molecule has 1 fully saturated rings. The summed E-state index contributed by atoms with van der Waals surface area (Å²) < 4.78 is 1.25. The normalized spacial score (nSPS) is 16.3. The van der Waals surface area contributed by atoms with Gasteiger partial charge < -0.3 is 4.90 Å². The highest BCUT2D eigenvalue weighted by atomic mass is 35.5. The molecular weight excluding hydrogens is 254 g/mol. The van der Waals surface area contributed by atoms with E-state index in [2.05, 4.69) is 9.88 Å². The third-order valence-electron chi connectivity index (χ3n) is 3.42. The molecule has 1 aliphatic rings. The highest BCUT2D eigenvalue weighted by molar-refractivity contribution is 6.30. The van der Waals surface area contributed by atoms with Crippen LogP contribution in [0.3, 0.4) is 0 Å². The number of hydrogen-bond acceptors (Lipinski definition) is 3. The Morgan fingerprint density at radius 3 is 2.50 bits per heavy atom. The molecule has 1 aliphatic heterocycles. The van der Waals surface area contributed by atoms with Crippen LogP contribution in [0.1, 0.15) is 25.3 Å². The lowest BCUT2D eigenvalue weighted by molar-refractivity contribution is 0.317. The first-order chi connectivity index (χ1) is 8.63. The molecule has 0 unspecified atom stereocenters. The largest absolute Gasteiger partial charge is 0.329 e. The number of aromatic nitrogens is 2. The van der Waals surface area contributed by atoms with E-state index in [0.717, 1.165) is 19.6 Å². The van der Waals surface area contributed by atoms with Gasteiger partial charge in [-0.15, -0.1) is 0 Å². The van der Waals surface area contributed by atoms with Crippen LogP contribution in [0.4, 0.5) is 0 Å². The maximum atomic E-state index is 12.1. The zero-order chi connectivity index (χ0) is 13.1. The average molecular weight is 272 g/mol. The Labute approximate surface area is 110 Å². The van der Waals surface area contributed by atoms with Gasteiger partial charge in [0.1, 0.15) is 5.15 Å². The predicted molar refractivity (Wildman–Crippen MR) is 71.4 cm³/mol. The van der Waals surface area contributed by atoms with Crippen LogP contribution in [-0.2, 0) is 13.0 Å². The Morgan fingerprint density at radius 1 is 1.22 bits per heavy atom. The van der Waals surface area contributed by atoms with Crippen molar-refractivity contribution >= 4 is 11.6 Å². The fraction of sp³-hybridized carbons (Fsp3) is 0.667. The molecule has 0 amide bonds. The molecule has 5 nitrogen and oxygen atoms in total. The highest BCUT2D eigenvalue weighted by Gasteiger charge is 2.14. The summed E-state index contributed by atoms with van der Waals surface area (Å²) >= 11 is 5.85. The molecule has 1 aromatic rings. The summed E-state index contributed by atoms with van der Waals surface area (Å²) in [7, 11) is 0. The highest BCUT2D eigenvalue weighted by Crippen LogP contribution is 2.07. The summed E-state index contributed by atoms with van der Waals surface area (Å²) in [6.07, 6.45) is 2.93. The number of halogens is 1. The summed E-state index contributed by atoms with van der Waals surface area (Å²) in [6.45, 7) is 5.14. The zero-order valence-electron chi connectivity index (χ0n) is 10.5. The Morgan fingerprint density at radius 2 is 1.89 bits per heavy atom. The van der Waals surface area contributed by atoms with Crippen molar-refractivity contribution in [3.05, 3.63) is 31.6 Å². The van der Waals surface area contributed by atoms with Crippen LogP contribution in [0.2, 0.25) is 5.15 Å². The van der Waals surface area contributed by atoms with Crippen LogP contribution < -0.4 is 11.2 Å². The van der Waals surface area contributed by atoms with E-state index >= 15 is 0 Å². The van der Waals surface area contributed by atoms with Crippen molar-refractivity contribution < 1.29 is 0 Å². The van der Waals surface area contributed by atoms with Gasteiger partial charge in [0.25, 0.3) is 5.56 Å². The van der Waals surface area contributed by atoms with Gasteiger partial charge in [0.05, 0.1) is 5.56 Å². The van der Waals surface area contributed by atoms with Gasteiger partial charge >= 0.3 is 5.69 Å². The van der Waals surface area contributed by atoms with E-state index < -0.39 is 5.69 Å². The second kappa shape index (κ2) is 5.71. The first kappa shape index (κ1) is 13.4. The Hall–Kier alpha value is -1.07. The first-order valence-corrected chi connectivity index (χ1v) is 6.75. The average Bonchev–Trinajstić information content (AvgIpc) is 2.81. The number of hydrogen-bond donors (Lipinski definition) is 1. The Balaban J connectivity index is 2.21. The Kier molecular flexibility index (Phi) is 4.24. The maximum absolute atomic E-state index is 12.1. The number of likely N-dealkylation sites (tertiary alicyclic amines) is 1. The van der Waals surface area contributed by atoms with Gasteiger partial charge in [-0.25, -0.2) is 4.79 Å². The quantitative estimate of drug-likeness (QED) is 0.826. The van der Waals surface area contributed by atoms with Crippen molar-refractivity contribution in [2.45, 2.75) is 32.7 Å². The molecule has 0 bridgehead atoms. The van der Waals surface area contributed by atoms with E-state index in [1.54, 1.807) is 0 Å². The molecule has 1 saturated heterocycles. The number of H-pyrrole nitrogens is 1. The summed E-state index contributed by atoms with van der Waals surface area (Å²) in [5, 5.41) is 0.171. The van der Waals surface area contributed by atoms with Crippen LogP contribution in [0.5, 0.6) is 0 Å². The smallest absolute Gasteiger partial charge is 0.302 e. The van der Waals surface area contributed by atoms with Crippen molar-refractivity contribution in [2.24, 2.45) is 0 Å². The van der Waals surface area contributed by atoms with Crippen molar-refractivity contribution in [3.63, 3.8) is 0 Å². The summed E-state index contributed by atoms with van der Waals surface area (Å²) in [4.78, 5) is 28.6. The van der Waals surface area contributed by atoms with Crippen LogP contribution >= 0.6 is 11.6 Å². The SMILES string of the molecule is CCc1c(Cl)[nH]c(=O)n(CCN2CCCC2)c1=O. The van der Waals surface area contributed by atoms with E-state index in [-0.39, 0.29) is 10.7 Å². The van der Waals surface area contributed by atoms with Crippen molar-refractivity contribution in [2.75, 3.05) is 19.6 Å². The molecule has 18 heavy (non-hydrogen) atoms. The molecule has 1 N–H and O–H groups in total. The summed E-state index contributed by atoms with van der Waals surface area (Å²) in [6, 6.07) is 0. The van der Waals surface area contributed by atoms with Gasteiger partial charge in [-0.05, 0) is 32.4 Å². The van der Waals surface area contributed by atoms with E-state index in [0.29, 0.717) is 18.5 Å². The monoisotopic (exact) mass is 271 g/mol. The molecule has 0 radical (unpaired) electrons. The lowest BCUT2D eigenvalue weighted by atomic mass is 10.2. The standard InChI is InChI=1S/C12H18ClN3O2/c1-2-9-10(13)14-12(18)16(11(9)17)8-7-15-5-3-4-6-15/h2-8H2,1H3,(H,14,18). The lowest BCUT2D eigenvalue weighted by Crippen LogP contribution is -2.40. The molecular formula is C12H18ClN3O2. The number of nitrogens with one attached hydrogen (secondary N) is 1. The third kappa shape index (κ3) is 2.67. The molecule has 1 aromatic heterocycles. The maximum Gasteiger partial charge on any atom is 0.329 e. The molecule has 2 rings (SSSR count). The first-order valence-electron chi connectivity index (χ1n) is 6.37. The van der Waals surface area contributed by atoms with Gasteiger partial charge in [-0.3, -0.25) is 14.3 Å². The third-order valence-corrected chi connectivity index (χ3v) is 3.74. The molecule has 0 aromatic carbocycles. The van der Waals surface area contributed by atoms with Crippen LogP contribution in [0.15, 0.2) is 9.59 Å². The fourth-order valence-electron chi connectivity index (χ4n) is 2.34. The zero-order valence-corrected chi connectivity index (χ0v) is 11.3. The van der Waals surface area contributed by atoms with Gasteiger partial charge in [0, 0.05) is 13.1 Å². The molecule has 0 atom stereocenters. The van der Waals surface area contributed by atoms with Gasteiger partial charge in [0.15, 0.2) is 0 Å². The minimum Gasteiger partial charge on any atom is -0.302 e. The molecule has 0 saturated carbocycles. The topological polar surface area (TPSA) is 58.1 Å². The van der Waals surface area contributed by atoms with Gasteiger partial charge in [0.2, 0.25) is 0 Å². The van der Waals surface area contributed by atoms with E-state index in [9.17, 15) is 9.59 Å². The minimum atomic E-state index is -0.415. The lowest BCUT2D eigenvalue weighted by Gasteiger charge is -2.15. The van der Waals surface area contributed by atoms with Crippen molar-refractivity contribution in [1.82, 2.24) is 14.5 Å². The molecule has 2 heterocycles. The van der Waals surface area contributed by atoms with E-state index in [4.69, 9.17) is 11.6 Å². The summed E-state index contributed by atoms with van der Waals surface area (Å²) in [5.41, 5.74) is -0.190. The van der Waals surface area contributed by atoms with Crippen molar-refractivity contribution in [1.29, 1.82) is 0 Å². The molecule has 0 aliphatic carbocycles. The van der Waals surface area contributed by atoms with E-state index in [1.165, 1.54) is 17.4 Å². The number of rotatable bonds is 4. The Bertz CT molecular complexity index is 529. The van der Waals surface area contributed by atoms with Crippen LogP contribution in [0, 0.1) is 0 Å². The fourth-order valence-corrected chi connectivity index (χ4v) is 2.64.